The summed E-state index contributed by atoms with van der Waals surface area (Å²) in [4.78, 5) is 48.1. The number of hydrogen-bond donors (Lipinski definition) is 0. The fourth-order valence-corrected chi connectivity index (χ4v) is 2.89. The van der Waals surface area contributed by atoms with Gasteiger partial charge in [-0.05, 0) is 80.1 Å². The molecule has 0 heterocycles. The van der Waals surface area contributed by atoms with Crippen LogP contribution in [0, 0.1) is 0 Å². The van der Waals surface area contributed by atoms with Crippen molar-refractivity contribution in [2.75, 3.05) is 0 Å². The molecule has 182 valence electrons. The van der Waals surface area contributed by atoms with Crippen LogP contribution in [0.25, 0.3) is 0 Å². The lowest BCUT2D eigenvalue weighted by molar-refractivity contribution is -0.130. The number of Topliss-reactive ketones (excluding diaryl/α,β-unsaturated/α-hetero) is 1. The van der Waals surface area contributed by atoms with Gasteiger partial charge in [-0.25, -0.2) is 14.4 Å². The summed E-state index contributed by atoms with van der Waals surface area (Å²) in [5.74, 6) is -0.850. The second-order valence-corrected chi connectivity index (χ2v) is 8.02. The standard InChI is InChI=1S/C29H24O7/c1-18(2)27(31)34-24-13-7-21(8-14-24)26(30)17-20-5-11-23(12-6-20)36-29(33)22-9-15-25(16-10-22)35-28(32)19(3)4/h5-16H,1,3,17H2,2,4H3. The number of hydrogen-bond acceptors (Lipinski definition) is 7. The summed E-state index contributed by atoms with van der Waals surface area (Å²) < 4.78 is 15.6. The zero-order valence-electron chi connectivity index (χ0n) is 19.9. The predicted molar refractivity (Wildman–Crippen MR) is 133 cm³/mol. The van der Waals surface area contributed by atoms with E-state index < -0.39 is 17.9 Å². The molecule has 0 spiro atoms. The van der Waals surface area contributed by atoms with Crippen molar-refractivity contribution in [3.05, 3.63) is 114 Å². The second kappa shape index (κ2) is 11.6. The Morgan fingerprint density at radius 1 is 0.583 bits per heavy atom. The molecule has 0 fully saturated rings. The SMILES string of the molecule is C=C(C)C(=O)Oc1ccc(C(=O)Cc2ccc(OC(=O)c3ccc(OC(=O)C(=C)C)cc3)cc2)cc1. The smallest absolute Gasteiger partial charge is 0.343 e. The lowest BCUT2D eigenvalue weighted by Gasteiger charge is -2.08. The van der Waals surface area contributed by atoms with Crippen LogP contribution in [0.1, 0.15) is 40.1 Å². The van der Waals surface area contributed by atoms with Gasteiger partial charge in [0.2, 0.25) is 0 Å². The number of carbonyl (C=O) groups is 4. The minimum atomic E-state index is -0.580. The quantitative estimate of drug-likeness (QED) is 0.176. The Kier molecular flexibility index (Phi) is 8.30. The van der Waals surface area contributed by atoms with Crippen molar-refractivity contribution >= 4 is 23.7 Å². The molecule has 0 saturated heterocycles. The number of benzene rings is 3. The Hall–Kier alpha value is -4.78. The maximum atomic E-state index is 12.6. The molecule has 0 aromatic heterocycles. The maximum absolute atomic E-state index is 12.6. The van der Waals surface area contributed by atoms with Gasteiger partial charge < -0.3 is 14.2 Å². The van der Waals surface area contributed by atoms with Gasteiger partial charge in [0.1, 0.15) is 17.2 Å². The first kappa shape index (κ1) is 25.8. The first-order chi connectivity index (χ1) is 17.1. The van der Waals surface area contributed by atoms with Crippen LogP contribution in [0.15, 0.2) is 97.1 Å². The Balaban J connectivity index is 1.55. The molecule has 3 rings (SSSR count). The van der Waals surface area contributed by atoms with Crippen molar-refractivity contribution < 1.29 is 33.4 Å². The third-order valence-corrected chi connectivity index (χ3v) is 4.88. The summed E-state index contributed by atoms with van der Waals surface area (Å²) in [6, 6.07) is 18.8. The van der Waals surface area contributed by atoms with E-state index in [0.29, 0.717) is 17.1 Å². The van der Waals surface area contributed by atoms with Crippen molar-refractivity contribution in [2.45, 2.75) is 20.3 Å². The molecule has 0 aliphatic heterocycles. The third kappa shape index (κ3) is 7.11. The largest absolute Gasteiger partial charge is 0.423 e. The van der Waals surface area contributed by atoms with E-state index >= 15 is 0 Å². The first-order valence-corrected chi connectivity index (χ1v) is 10.9. The van der Waals surface area contributed by atoms with Crippen LogP contribution >= 0.6 is 0 Å². The molecule has 0 radical (unpaired) electrons. The van der Waals surface area contributed by atoms with Crippen molar-refractivity contribution in [1.29, 1.82) is 0 Å². The van der Waals surface area contributed by atoms with E-state index in [9.17, 15) is 19.2 Å². The van der Waals surface area contributed by atoms with E-state index in [1.54, 1.807) is 62.4 Å². The molecule has 7 nitrogen and oxygen atoms in total. The Morgan fingerprint density at radius 2 is 0.972 bits per heavy atom. The van der Waals surface area contributed by atoms with Gasteiger partial charge in [0.05, 0.1) is 5.56 Å². The molecule has 0 unspecified atom stereocenters. The zero-order valence-corrected chi connectivity index (χ0v) is 19.9. The van der Waals surface area contributed by atoms with Crippen LogP contribution < -0.4 is 14.2 Å². The second-order valence-electron chi connectivity index (χ2n) is 8.02. The molecule has 36 heavy (non-hydrogen) atoms. The minimum absolute atomic E-state index is 0.120. The number of ketones is 1. The van der Waals surface area contributed by atoms with E-state index in [1.807, 2.05) is 0 Å². The normalized spacial score (nSPS) is 10.2. The number of carbonyl (C=O) groups excluding carboxylic acids is 4. The van der Waals surface area contributed by atoms with E-state index in [4.69, 9.17) is 14.2 Å². The van der Waals surface area contributed by atoms with Gasteiger partial charge in [0, 0.05) is 23.1 Å². The molecule has 0 saturated carbocycles. The molecule has 0 amide bonds. The molecule has 0 aliphatic rings. The van der Waals surface area contributed by atoms with Crippen LogP contribution in [0.2, 0.25) is 0 Å². The average Bonchev–Trinajstić information content (AvgIpc) is 2.85. The van der Waals surface area contributed by atoms with Gasteiger partial charge >= 0.3 is 17.9 Å². The van der Waals surface area contributed by atoms with Gasteiger partial charge in [0.25, 0.3) is 0 Å². The van der Waals surface area contributed by atoms with Crippen molar-refractivity contribution in [3.63, 3.8) is 0 Å². The molecule has 3 aromatic carbocycles. The van der Waals surface area contributed by atoms with Gasteiger partial charge in [-0.15, -0.1) is 0 Å². The topological polar surface area (TPSA) is 96.0 Å². The highest BCUT2D eigenvalue weighted by molar-refractivity contribution is 5.98. The minimum Gasteiger partial charge on any atom is -0.423 e. The summed E-state index contributed by atoms with van der Waals surface area (Å²) in [5.41, 5.74) is 2.04. The molecule has 7 heteroatoms. The third-order valence-electron chi connectivity index (χ3n) is 4.88. The van der Waals surface area contributed by atoms with Crippen LogP contribution in [-0.2, 0) is 16.0 Å². The molecule has 0 atom stereocenters. The van der Waals surface area contributed by atoms with E-state index in [1.165, 1.54) is 24.3 Å². The molecular formula is C29H24O7. The lowest BCUT2D eigenvalue weighted by atomic mass is 10.0. The molecular weight excluding hydrogens is 460 g/mol. The van der Waals surface area contributed by atoms with Gasteiger partial charge in [-0.1, -0.05) is 25.3 Å². The summed E-state index contributed by atoms with van der Waals surface area (Å²) in [6.45, 7) is 10.1. The van der Waals surface area contributed by atoms with Crippen molar-refractivity contribution in [1.82, 2.24) is 0 Å². The monoisotopic (exact) mass is 484 g/mol. The van der Waals surface area contributed by atoms with Crippen LogP contribution in [-0.4, -0.2) is 23.7 Å². The predicted octanol–water partition coefficient (Wildman–Crippen LogP) is 5.29. The van der Waals surface area contributed by atoms with E-state index in [-0.39, 0.29) is 34.7 Å². The van der Waals surface area contributed by atoms with Crippen molar-refractivity contribution in [3.8, 4) is 17.2 Å². The van der Waals surface area contributed by atoms with E-state index in [2.05, 4.69) is 13.2 Å². The number of rotatable bonds is 9. The Labute approximate surface area is 208 Å². The number of ether oxygens (including phenoxy) is 3. The fourth-order valence-electron chi connectivity index (χ4n) is 2.89. The fraction of sp³-hybridized carbons (Fsp3) is 0.103. The summed E-state index contributed by atoms with van der Waals surface area (Å²) in [6.07, 6.45) is 0.142. The van der Waals surface area contributed by atoms with Gasteiger partial charge in [-0.3, -0.25) is 4.79 Å². The van der Waals surface area contributed by atoms with Gasteiger partial charge in [0.15, 0.2) is 5.78 Å². The van der Waals surface area contributed by atoms with Crippen LogP contribution in [0.3, 0.4) is 0 Å². The molecule has 0 aliphatic carbocycles. The maximum Gasteiger partial charge on any atom is 0.343 e. The highest BCUT2D eigenvalue weighted by Gasteiger charge is 2.12. The van der Waals surface area contributed by atoms with Gasteiger partial charge in [-0.2, -0.15) is 0 Å². The molecule has 0 bridgehead atoms. The Morgan fingerprint density at radius 3 is 1.42 bits per heavy atom. The summed E-state index contributed by atoms with van der Waals surface area (Å²) in [7, 11) is 0. The highest BCUT2D eigenvalue weighted by Crippen LogP contribution is 2.19. The first-order valence-electron chi connectivity index (χ1n) is 10.9. The highest BCUT2D eigenvalue weighted by atomic mass is 16.5. The molecule has 0 N–H and O–H groups in total. The Bertz CT molecular complexity index is 1210. The average molecular weight is 485 g/mol. The van der Waals surface area contributed by atoms with Crippen LogP contribution in [0.4, 0.5) is 0 Å². The van der Waals surface area contributed by atoms with E-state index in [0.717, 1.165) is 5.56 Å². The summed E-state index contributed by atoms with van der Waals surface area (Å²) >= 11 is 0. The lowest BCUT2D eigenvalue weighted by Crippen LogP contribution is -2.10. The molecule has 3 aromatic rings. The van der Waals surface area contributed by atoms with Crippen LogP contribution in [0.5, 0.6) is 17.2 Å². The number of esters is 3. The zero-order chi connectivity index (χ0) is 26.2. The van der Waals surface area contributed by atoms with Crippen molar-refractivity contribution in [2.24, 2.45) is 0 Å². The summed E-state index contributed by atoms with van der Waals surface area (Å²) in [5, 5.41) is 0.